The minimum absolute atomic E-state index is 0.476. The minimum atomic E-state index is 0.476. The van der Waals surface area contributed by atoms with E-state index in [0.717, 1.165) is 19.6 Å². The van der Waals surface area contributed by atoms with Crippen LogP contribution < -0.4 is 5.32 Å². The highest BCUT2D eigenvalue weighted by molar-refractivity contribution is 7.10. The monoisotopic (exact) mass is 239 g/mol. The summed E-state index contributed by atoms with van der Waals surface area (Å²) in [6.07, 6.45) is 5.47. The van der Waals surface area contributed by atoms with Gasteiger partial charge in [0.15, 0.2) is 0 Å². The van der Waals surface area contributed by atoms with Crippen LogP contribution in [0, 0.1) is 0 Å². The van der Waals surface area contributed by atoms with Crippen LogP contribution in [0.2, 0.25) is 0 Å². The molecule has 2 heterocycles. The van der Waals surface area contributed by atoms with Crippen molar-refractivity contribution in [2.24, 2.45) is 0 Å². The highest BCUT2D eigenvalue weighted by atomic mass is 32.1. The van der Waals surface area contributed by atoms with E-state index in [4.69, 9.17) is 4.74 Å². The molecule has 0 aromatic carbocycles. The Morgan fingerprint density at radius 2 is 2.50 bits per heavy atom. The zero-order chi connectivity index (χ0) is 11.2. The highest BCUT2D eigenvalue weighted by Gasteiger charge is 2.13. The topological polar surface area (TPSA) is 21.3 Å². The van der Waals surface area contributed by atoms with Crippen LogP contribution >= 0.6 is 11.3 Å². The first-order valence-electron chi connectivity index (χ1n) is 6.24. The molecular weight excluding hydrogens is 218 g/mol. The van der Waals surface area contributed by atoms with Crippen molar-refractivity contribution in [1.29, 1.82) is 0 Å². The normalized spacial score (nSPS) is 23.2. The fraction of sp³-hybridized carbons (Fsp3) is 0.692. The predicted octanol–water partition coefficient (Wildman–Crippen LogP) is 3.36. The molecule has 0 bridgehead atoms. The Morgan fingerprint density at radius 1 is 1.56 bits per heavy atom. The molecule has 0 radical (unpaired) electrons. The van der Waals surface area contributed by atoms with Crippen LogP contribution in [0.4, 0.5) is 0 Å². The Kier molecular flexibility index (Phi) is 4.82. The number of hydrogen-bond acceptors (Lipinski definition) is 3. The van der Waals surface area contributed by atoms with E-state index in [1.165, 1.54) is 24.1 Å². The molecule has 2 rings (SSSR count). The van der Waals surface area contributed by atoms with Crippen molar-refractivity contribution in [2.45, 2.75) is 44.8 Å². The second-order valence-corrected chi connectivity index (χ2v) is 5.45. The molecule has 90 valence electrons. The minimum Gasteiger partial charge on any atom is -0.378 e. The molecule has 2 atom stereocenters. The van der Waals surface area contributed by atoms with Crippen LogP contribution in [-0.4, -0.2) is 19.3 Å². The van der Waals surface area contributed by atoms with E-state index in [1.807, 2.05) is 11.3 Å². The first kappa shape index (κ1) is 12.1. The molecule has 16 heavy (non-hydrogen) atoms. The maximum atomic E-state index is 5.71. The van der Waals surface area contributed by atoms with Crippen molar-refractivity contribution in [3.05, 3.63) is 22.4 Å². The third kappa shape index (κ3) is 3.58. The van der Waals surface area contributed by atoms with Gasteiger partial charge in [0.25, 0.3) is 0 Å². The quantitative estimate of drug-likeness (QED) is 0.850. The summed E-state index contributed by atoms with van der Waals surface area (Å²) < 4.78 is 5.71. The zero-order valence-electron chi connectivity index (χ0n) is 9.95. The second-order valence-electron chi connectivity index (χ2n) is 4.47. The van der Waals surface area contributed by atoms with Gasteiger partial charge in [0.05, 0.1) is 6.10 Å². The Morgan fingerprint density at radius 3 is 3.19 bits per heavy atom. The van der Waals surface area contributed by atoms with E-state index in [9.17, 15) is 0 Å². The summed E-state index contributed by atoms with van der Waals surface area (Å²) in [7, 11) is 0. The van der Waals surface area contributed by atoms with Gasteiger partial charge < -0.3 is 10.1 Å². The van der Waals surface area contributed by atoms with Crippen LogP contribution in [0.1, 0.15) is 43.5 Å². The summed E-state index contributed by atoms with van der Waals surface area (Å²) in [4.78, 5) is 1.42. The third-order valence-electron chi connectivity index (χ3n) is 3.16. The summed E-state index contributed by atoms with van der Waals surface area (Å²) in [6, 6.07) is 4.78. The van der Waals surface area contributed by atoms with Crippen LogP contribution in [-0.2, 0) is 4.74 Å². The fourth-order valence-electron chi connectivity index (χ4n) is 2.13. The summed E-state index contributed by atoms with van der Waals surface area (Å²) in [6.45, 7) is 4.25. The van der Waals surface area contributed by atoms with Gasteiger partial charge in [0.2, 0.25) is 0 Å². The Bertz CT molecular complexity index is 280. The summed E-state index contributed by atoms with van der Waals surface area (Å²) in [5.41, 5.74) is 0. The number of rotatable bonds is 5. The number of hydrogen-bond donors (Lipinski definition) is 1. The molecule has 2 nitrogen and oxygen atoms in total. The van der Waals surface area contributed by atoms with Gasteiger partial charge >= 0.3 is 0 Å². The first-order valence-corrected chi connectivity index (χ1v) is 7.12. The molecule has 1 N–H and O–H groups in total. The molecule has 3 heteroatoms. The maximum absolute atomic E-state index is 5.71. The average molecular weight is 239 g/mol. The third-order valence-corrected chi connectivity index (χ3v) is 4.22. The molecule has 1 saturated heterocycles. The zero-order valence-corrected chi connectivity index (χ0v) is 10.8. The SMILES string of the molecule is CC(NCCC1CCCCO1)c1cccs1. The summed E-state index contributed by atoms with van der Waals surface area (Å²) >= 11 is 1.82. The average Bonchev–Trinajstić information content (AvgIpc) is 2.84. The van der Waals surface area contributed by atoms with Gasteiger partial charge in [-0.25, -0.2) is 0 Å². The van der Waals surface area contributed by atoms with Gasteiger partial charge in [0, 0.05) is 17.5 Å². The molecule has 1 aliphatic heterocycles. The molecule has 0 spiro atoms. The lowest BCUT2D eigenvalue weighted by Gasteiger charge is -2.23. The maximum Gasteiger partial charge on any atom is 0.0587 e. The van der Waals surface area contributed by atoms with E-state index in [2.05, 4.69) is 29.8 Å². The van der Waals surface area contributed by atoms with E-state index in [0.29, 0.717) is 12.1 Å². The fourth-order valence-corrected chi connectivity index (χ4v) is 2.89. The highest BCUT2D eigenvalue weighted by Crippen LogP contribution is 2.19. The number of ether oxygens (including phenoxy) is 1. The van der Waals surface area contributed by atoms with Crippen molar-refractivity contribution < 1.29 is 4.74 Å². The van der Waals surface area contributed by atoms with Crippen molar-refractivity contribution >= 4 is 11.3 Å². The van der Waals surface area contributed by atoms with Gasteiger partial charge in [-0.1, -0.05) is 6.07 Å². The molecule has 1 aromatic heterocycles. The van der Waals surface area contributed by atoms with E-state index in [-0.39, 0.29) is 0 Å². The smallest absolute Gasteiger partial charge is 0.0587 e. The lowest BCUT2D eigenvalue weighted by molar-refractivity contribution is 0.0113. The molecule has 2 unspecified atom stereocenters. The first-order chi connectivity index (χ1) is 7.86. The second kappa shape index (κ2) is 6.38. The predicted molar refractivity (Wildman–Crippen MR) is 68.9 cm³/mol. The molecular formula is C13H21NOS. The lowest BCUT2D eigenvalue weighted by Crippen LogP contribution is -2.26. The van der Waals surface area contributed by atoms with Gasteiger partial charge in [-0.3, -0.25) is 0 Å². The molecule has 0 saturated carbocycles. The van der Waals surface area contributed by atoms with Gasteiger partial charge in [-0.2, -0.15) is 0 Å². The van der Waals surface area contributed by atoms with E-state index in [1.54, 1.807) is 0 Å². The number of thiophene rings is 1. The van der Waals surface area contributed by atoms with Crippen LogP contribution in [0.15, 0.2) is 17.5 Å². The van der Waals surface area contributed by atoms with Gasteiger partial charge in [-0.15, -0.1) is 11.3 Å². The van der Waals surface area contributed by atoms with Crippen molar-refractivity contribution in [2.75, 3.05) is 13.2 Å². The van der Waals surface area contributed by atoms with E-state index < -0.39 is 0 Å². The summed E-state index contributed by atoms with van der Waals surface area (Å²) in [5, 5.41) is 5.70. The molecule has 1 aromatic rings. The molecule has 1 fully saturated rings. The Labute approximate surface area is 102 Å². The largest absolute Gasteiger partial charge is 0.378 e. The van der Waals surface area contributed by atoms with Crippen LogP contribution in [0.3, 0.4) is 0 Å². The van der Waals surface area contributed by atoms with Crippen molar-refractivity contribution in [3.63, 3.8) is 0 Å². The summed E-state index contributed by atoms with van der Waals surface area (Å²) in [5.74, 6) is 0. The van der Waals surface area contributed by atoms with Crippen molar-refractivity contribution in [1.82, 2.24) is 5.32 Å². The van der Waals surface area contributed by atoms with Crippen LogP contribution in [0.5, 0.6) is 0 Å². The van der Waals surface area contributed by atoms with Crippen molar-refractivity contribution in [3.8, 4) is 0 Å². The molecule has 0 aliphatic carbocycles. The lowest BCUT2D eigenvalue weighted by atomic mass is 10.1. The Hall–Kier alpha value is -0.380. The molecule has 0 amide bonds. The Balaban J connectivity index is 1.63. The number of nitrogens with one attached hydrogen (secondary N) is 1. The molecule has 1 aliphatic rings. The van der Waals surface area contributed by atoms with Gasteiger partial charge in [0.1, 0.15) is 0 Å². The van der Waals surface area contributed by atoms with Gasteiger partial charge in [-0.05, 0) is 50.6 Å². The standard InChI is InChI=1S/C13H21NOS/c1-11(13-6-4-10-16-13)14-8-7-12-5-2-3-9-15-12/h4,6,10-12,14H,2-3,5,7-9H2,1H3. The van der Waals surface area contributed by atoms with Crippen LogP contribution in [0.25, 0.3) is 0 Å². The van der Waals surface area contributed by atoms with E-state index >= 15 is 0 Å².